The van der Waals surface area contributed by atoms with E-state index in [4.69, 9.17) is 4.74 Å². The van der Waals surface area contributed by atoms with Crippen molar-refractivity contribution in [1.29, 1.82) is 0 Å². The van der Waals surface area contributed by atoms with Gasteiger partial charge >= 0.3 is 136 Å². The molecule has 0 aromatic rings. The first kappa shape index (κ1) is 21.1. The van der Waals surface area contributed by atoms with E-state index in [2.05, 4.69) is 33.7 Å². The standard InChI is InChI=1S/C10H23N5O2P.2CH3.Sb/c1-8-17-10(16)9-11-12-18(13(2)3,14(4)5)15(6)7;;;/h8H2,1-7H3;2*1H3;. The Hall–Kier alpha value is 0.0682. The van der Waals surface area contributed by atoms with Gasteiger partial charge < -0.3 is 0 Å². The Balaban J connectivity index is 5.95. The molecule has 21 heavy (non-hydrogen) atoms. The molecule has 0 N–H and O–H groups in total. The second-order valence-electron chi connectivity index (χ2n) is 5.21. The van der Waals surface area contributed by atoms with Crippen LogP contribution in [-0.2, 0) is 9.53 Å². The van der Waals surface area contributed by atoms with Crippen molar-refractivity contribution in [2.75, 3.05) is 48.9 Å². The van der Waals surface area contributed by atoms with Gasteiger partial charge in [0, 0.05) is 0 Å². The summed E-state index contributed by atoms with van der Waals surface area (Å²) in [6.07, 6.45) is 0. The van der Waals surface area contributed by atoms with Crippen LogP contribution in [-0.4, -0.2) is 92.7 Å². The summed E-state index contributed by atoms with van der Waals surface area (Å²) in [6.45, 7) is 2.16. The van der Waals surface area contributed by atoms with Gasteiger partial charge in [0.1, 0.15) is 0 Å². The summed E-state index contributed by atoms with van der Waals surface area (Å²) in [4.78, 5) is 20.8. The molecule has 0 aliphatic heterocycles. The molecular formula is C12H29N5O2PSb. The number of hydrogen-bond donors (Lipinski definition) is 0. The minimum atomic E-state index is -2.11. The Morgan fingerprint density at radius 1 is 1.05 bits per heavy atom. The van der Waals surface area contributed by atoms with Crippen LogP contribution in [0, 0.1) is 0 Å². The van der Waals surface area contributed by atoms with Gasteiger partial charge in [-0.15, -0.1) is 0 Å². The summed E-state index contributed by atoms with van der Waals surface area (Å²) in [7, 11) is 9.77. The van der Waals surface area contributed by atoms with Crippen LogP contribution in [0.25, 0.3) is 0 Å². The summed E-state index contributed by atoms with van der Waals surface area (Å²) < 4.78 is 11.8. The van der Waals surface area contributed by atoms with E-state index in [-0.39, 0.29) is 5.97 Å². The Morgan fingerprint density at radius 3 is 1.76 bits per heavy atom. The van der Waals surface area contributed by atoms with Crippen molar-refractivity contribution in [1.82, 2.24) is 14.0 Å². The minimum absolute atomic E-state index is 0.316. The first-order valence-corrected chi connectivity index (χ1v) is 14.7. The molecule has 0 rings (SSSR count). The second kappa shape index (κ2) is 9.26. The van der Waals surface area contributed by atoms with E-state index in [1.807, 2.05) is 42.3 Å². The van der Waals surface area contributed by atoms with Crippen LogP contribution in [0.3, 0.4) is 0 Å². The van der Waals surface area contributed by atoms with Crippen molar-refractivity contribution < 1.29 is 9.53 Å². The van der Waals surface area contributed by atoms with E-state index in [1.54, 1.807) is 6.92 Å². The predicted octanol–water partition coefficient (Wildman–Crippen LogP) is 1.83. The average molecular weight is 428 g/mol. The zero-order valence-corrected chi connectivity index (χ0v) is 18.1. The fourth-order valence-electron chi connectivity index (χ4n) is 1.92. The van der Waals surface area contributed by atoms with Crippen molar-refractivity contribution in [2.24, 2.45) is 9.96 Å². The molecule has 124 valence electrons. The third-order valence-corrected chi connectivity index (χ3v) is 9.49. The van der Waals surface area contributed by atoms with Crippen LogP contribution in [0.1, 0.15) is 6.92 Å². The third kappa shape index (κ3) is 5.33. The molecule has 0 bridgehead atoms. The van der Waals surface area contributed by atoms with Crippen LogP contribution in [0.4, 0.5) is 0 Å². The number of hydrogen-bond acceptors (Lipinski definition) is 3. The van der Waals surface area contributed by atoms with E-state index in [1.165, 1.54) is 0 Å². The summed E-state index contributed by atoms with van der Waals surface area (Å²) in [6, 6.07) is 0. The van der Waals surface area contributed by atoms with Crippen LogP contribution in [0.2, 0.25) is 9.74 Å². The Bertz CT molecular complexity index is 407. The van der Waals surface area contributed by atoms with Gasteiger partial charge in [-0.2, -0.15) is 0 Å². The molecule has 0 fully saturated rings. The van der Waals surface area contributed by atoms with Crippen molar-refractivity contribution in [3.63, 3.8) is 0 Å². The number of carbonyl (C=O) groups excluding carboxylic acids is 1. The molecule has 0 spiro atoms. The first-order chi connectivity index (χ1) is 9.61. The zero-order chi connectivity index (χ0) is 16.8. The van der Waals surface area contributed by atoms with Gasteiger partial charge in [-0.25, -0.2) is 0 Å². The monoisotopic (exact) mass is 427 g/mol. The van der Waals surface area contributed by atoms with E-state index < -0.39 is 27.7 Å². The molecule has 0 unspecified atom stereocenters. The Kier molecular flexibility index (Phi) is 9.29. The summed E-state index contributed by atoms with van der Waals surface area (Å²) >= 11 is -1.85. The number of nitrogens with zero attached hydrogens (tertiary/aromatic N) is 5. The fourth-order valence-corrected chi connectivity index (χ4v) is 6.83. The molecule has 0 radical (unpaired) electrons. The molecule has 7 nitrogen and oxygen atoms in total. The molecule has 0 saturated heterocycles. The third-order valence-electron chi connectivity index (χ3n) is 2.75. The van der Waals surface area contributed by atoms with E-state index in [0.29, 0.717) is 10.3 Å². The van der Waals surface area contributed by atoms with Gasteiger partial charge in [0.05, 0.1) is 0 Å². The van der Waals surface area contributed by atoms with Crippen molar-refractivity contribution in [2.45, 2.75) is 16.7 Å². The van der Waals surface area contributed by atoms with Crippen molar-refractivity contribution in [3.8, 4) is 0 Å². The molecule has 9 heteroatoms. The zero-order valence-electron chi connectivity index (χ0n) is 14.7. The molecule has 0 amide bonds. The SMILES string of the molecule is CCOC(=O)[C](=NN=P(N(C)C)(N(C)C)N(C)C)[Sb]([CH3])[CH3]. The van der Waals surface area contributed by atoms with E-state index in [9.17, 15) is 4.79 Å². The van der Waals surface area contributed by atoms with Crippen LogP contribution < -0.4 is 0 Å². The summed E-state index contributed by atoms with van der Waals surface area (Å²) in [5, 5.41) is 4.35. The maximum absolute atomic E-state index is 12.0. The Labute approximate surface area is 136 Å². The molecule has 0 aliphatic carbocycles. The summed E-state index contributed by atoms with van der Waals surface area (Å²) in [5.74, 6) is -0.316. The molecule has 0 aromatic heterocycles. The quantitative estimate of drug-likeness (QED) is 0.204. The number of ether oxygens (including phenoxy) is 1. The topological polar surface area (TPSA) is 60.7 Å². The fraction of sp³-hybridized carbons (Fsp3) is 0.833. The molecule has 0 aliphatic rings. The predicted molar refractivity (Wildman–Crippen MR) is 92.0 cm³/mol. The molecule has 0 saturated carbocycles. The number of carbonyl (C=O) groups is 1. The maximum atomic E-state index is 12.0. The van der Waals surface area contributed by atoms with Gasteiger partial charge in [-0.1, -0.05) is 0 Å². The molecule has 0 atom stereocenters. The van der Waals surface area contributed by atoms with Crippen LogP contribution >= 0.6 is 7.51 Å². The molecule has 0 heterocycles. The second-order valence-corrected chi connectivity index (χ2v) is 15.2. The van der Waals surface area contributed by atoms with E-state index in [0.717, 1.165) is 0 Å². The van der Waals surface area contributed by atoms with Gasteiger partial charge in [0.2, 0.25) is 0 Å². The van der Waals surface area contributed by atoms with E-state index >= 15 is 0 Å². The van der Waals surface area contributed by atoms with Crippen LogP contribution in [0.5, 0.6) is 0 Å². The number of rotatable bonds is 7. The molecular weight excluding hydrogens is 399 g/mol. The van der Waals surface area contributed by atoms with Gasteiger partial charge in [0.25, 0.3) is 0 Å². The van der Waals surface area contributed by atoms with Crippen molar-refractivity contribution >= 4 is 37.3 Å². The van der Waals surface area contributed by atoms with Gasteiger partial charge in [-0.05, 0) is 0 Å². The van der Waals surface area contributed by atoms with Crippen LogP contribution in [0.15, 0.2) is 9.96 Å². The Morgan fingerprint density at radius 2 is 1.48 bits per heavy atom. The average Bonchev–Trinajstić information content (AvgIpc) is 2.32. The normalized spacial score (nSPS) is 13.5. The first-order valence-electron chi connectivity index (χ1n) is 6.68. The summed E-state index contributed by atoms with van der Waals surface area (Å²) in [5.41, 5.74) is 0. The number of esters is 1. The van der Waals surface area contributed by atoms with Crippen molar-refractivity contribution in [3.05, 3.63) is 0 Å². The molecule has 0 aromatic carbocycles. The van der Waals surface area contributed by atoms with Gasteiger partial charge in [0.15, 0.2) is 0 Å². The van der Waals surface area contributed by atoms with Gasteiger partial charge in [-0.3, -0.25) is 0 Å².